The molecule has 0 radical (unpaired) electrons. The fourth-order valence-electron chi connectivity index (χ4n) is 3.61. The highest BCUT2D eigenvalue weighted by Crippen LogP contribution is 2.26. The number of carbonyl (C=O) groups is 2. The Morgan fingerprint density at radius 2 is 1.80 bits per heavy atom. The number of likely N-dealkylation sites (tertiary alicyclic amines) is 1. The number of aromatic nitrogens is 1. The van der Waals surface area contributed by atoms with Crippen molar-refractivity contribution in [1.29, 1.82) is 0 Å². The van der Waals surface area contributed by atoms with Gasteiger partial charge in [0.25, 0.3) is 5.91 Å². The highest BCUT2D eigenvalue weighted by atomic mass is 16.3. The van der Waals surface area contributed by atoms with Gasteiger partial charge in [0, 0.05) is 30.5 Å². The van der Waals surface area contributed by atoms with Crippen molar-refractivity contribution in [1.82, 2.24) is 14.8 Å². The molecule has 3 rings (SSSR count). The molecule has 6 nitrogen and oxygen atoms in total. The zero-order valence-electron chi connectivity index (χ0n) is 15.0. The minimum atomic E-state index is -0.566. The van der Waals surface area contributed by atoms with Gasteiger partial charge in [0.2, 0.25) is 5.91 Å². The number of nitrogens with zero attached hydrogens (tertiary/aromatic N) is 2. The molecule has 0 unspecified atom stereocenters. The van der Waals surface area contributed by atoms with E-state index in [2.05, 4.69) is 35.9 Å². The zero-order valence-corrected chi connectivity index (χ0v) is 15.0. The van der Waals surface area contributed by atoms with Crippen LogP contribution in [0, 0.1) is 13.8 Å². The lowest BCUT2D eigenvalue weighted by molar-refractivity contribution is -0.134. The Morgan fingerprint density at radius 1 is 1.16 bits per heavy atom. The van der Waals surface area contributed by atoms with Crippen LogP contribution in [-0.2, 0) is 4.79 Å². The number of aryl methyl sites for hydroxylation is 2. The number of nitrogens with one attached hydrogen (secondary N) is 1. The van der Waals surface area contributed by atoms with E-state index in [9.17, 15) is 9.59 Å². The molecule has 3 heterocycles. The van der Waals surface area contributed by atoms with Crippen LogP contribution in [0.15, 0.2) is 34.9 Å². The largest absolute Gasteiger partial charge is 0.459 e. The molecule has 0 spiro atoms. The highest BCUT2D eigenvalue weighted by molar-refractivity contribution is 5.95. The fourth-order valence-corrected chi connectivity index (χ4v) is 3.61. The Kier molecular flexibility index (Phi) is 4.97. The van der Waals surface area contributed by atoms with E-state index in [1.165, 1.54) is 17.7 Å². The predicted molar refractivity (Wildman–Crippen MR) is 94.4 cm³/mol. The van der Waals surface area contributed by atoms with Gasteiger partial charge in [0.15, 0.2) is 5.76 Å². The average Bonchev–Trinajstić information content (AvgIpc) is 3.25. The number of furan rings is 1. The molecule has 1 fully saturated rings. The van der Waals surface area contributed by atoms with Crippen LogP contribution < -0.4 is 5.32 Å². The van der Waals surface area contributed by atoms with E-state index in [-0.39, 0.29) is 17.6 Å². The Morgan fingerprint density at radius 3 is 2.36 bits per heavy atom. The molecular weight excluding hydrogens is 318 g/mol. The lowest BCUT2D eigenvalue weighted by atomic mass is 10.0. The first-order valence-corrected chi connectivity index (χ1v) is 8.75. The van der Waals surface area contributed by atoms with Crippen molar-refractivity contribution in [2.24, 2.45) is 0 Å². The maximum atomic E-state index is 12.6. The molecule has 0 bridgehead atoms. The second kappa shape index (κ2) is 7.17. The lowest BCUT2D eigenvalue weighted by Gasteiger charge is -2.35. The molecule has 1 N–H and O–H groups in total. The molecular formula is C19H25N3O3. The minimum Gasteiger partial charge on any atom is -0.459 e. The van der Waals surface area contributed by atoms with Gasteiger partial charge in [-0.1, -0.05) is 0 Å². The molecule has 2 aromatic rings. The topological polar surface area (TPSA) is 67.5 Å². The van der Waals surface area contributed by atoms with Gasteiger partial charge >= 0.3 is 0 Å². The van der Waals surface area contributed by atoms with E-state index in [1.807, 2.05) is 4.90 Å². The number of amides is 2. The van der Waals surface area contributed by atoms with Crippen LogP contribution in [0.2, 0.25) is 0 Å². The van der Waals surface area contributed by atoms with Crippen molar-refractivity contribution >= 4 is 11.8 Å². The van der Waals surface area contributed by atoms with E-state index in [0.717, 1.165) is 12.8 Å². The van der Waals surface area contributed by atoms with Crippen LogP contribution in [0.4, 0.5) is 0 Å². The monoisotopic (exact) mass is 343 g/mol. The summed E-state index contributed by atoms with van der Waals surface area (Å²) < 4.78 is 7.42. The predicted octanol–water partition coefficient (Wildman–Crippen LogP) is 2.68. The van der Waals surface area contributed by atoms with E-state index < -0.39 is 6.04 Å². The average molecular weight is 343 g/mol. The van der Waals surface area contributed by atoms with Gasteiger partial charge in [-0.3, -0.25) is 9.59 Å². The quantitative estimate of drug-likeness (QED) is 0.928. The van der Waals surface area contributed by atoms with Crippen molar-refractivity contribution in [2.45, 2.75) is 45.7 Å². The molecule has 1 atom stereocenters. The first kappa shape index (κ1) is 17.3. The number of hydrogen-bond acceptors (Lipinski definition) is 3. The van der Waals surface area contributed by atoms with Crippen LogP contribution in [0.25, 0.3) is 0 Å². The fraction of sp³-hybridized carbons (Fsp3) is 0.474. The van der Waals surface area contributed by atoms with Crippen LogP contribution in [0.1, 0.15) is 47.7 Å². The van der Waals surface area contributed by atoms with Gasteiger partial charge in [-0.2, -0.15) is 0 Å². The minimum absolute atomic E-state index is 0.0423. The van der Waals surface area contributed by atoms with Crippen LogP contribution in [0.3, 0.4) is 0 Å². The van der Waals surface area contributed by atoms with Crippen LogP contribution in [0.5, 0.6) is 0 Å². The Hall–Kier alpha value is -2.50. The van der Waals surface area contributed by atoms with Crippen molar-refractivity contribution in [2.75, 3.05) is 13.1 Å². The first-order valence-electron chi connectivity index (χ1n) is 8.75. The van der Waals surface area contributed by atoms with Gasteiger partial charge in [-0.05, 0) is 57.9 Å². The third kappa shape index (κ3) is 3.62. The SMILES string of the molecule is Cc1ccc(C)n1C1CCN(C(=O)[C@H](C)NC(=O)c2ccco2)CC1. The highest BCUT2D eigenvalue weighted by Gasteiger charge is 2.28. The van der Waals surface area contributed by atoms with E-state index in [1.54, 1.807) is 19.1 Å². The molecule has 134 valence electrons. The summed E-state index contributed by atoms with van der Waals surface area (Å²) in [5.74, 6) is -0.185. The van der Waals surface area contributed by atoms with Gasteiger partial charge < -0.3 is 19.2 Å². The van der Waals surface area contributed by atoms with Crippen molar-refractivity contribution in [3.63, 3.8) is 0 Å². The molecule has 2 aromatic heterocycles. The first-order chi connectivity index (χ1) is 12.0. The summed E-state index contributed by atoms with van der Waals surface area (Å²) in [5, 5.41) is 2.71. The molecule has 6 heteroatoms. The molecule has 0 aliphatic carbocycles. The van der Waals surface area contributed by atoms with Crippen LogP contribution >= 0.6 is 0 Å². The molecule has 0 aromatic carbocycles. The third-order valence-electron chi connectivity index (χ3n) is 4.93. The summed E-state index contributed by atoms with van der Waals surface area (Å²) in [7, 11) is 0. The molecule has 0 saturated carbocycles. The van der Waals surface area contributed by atoms with E-state index >= 15 is 0 Å². The summed E-state index contributed by atoms with van der Waals surface area (Å²) in [5.41, 5.74) is 2.53. The number of carbonyl (C=O) groups excluding carboxylic acids is 2. The van der Waals surface area contributed by atoms with E-state index in [0.29, 0.717) is 19.1 Å². The van der Waals surface area contributed by atoms with Crippen LogP contribution in [-0.4, -0.2) is 40.4 Å². The summed E-state index contributed by atoms with van der Waals surface area (Å²) >= 11 is 0. The molecule has 1 saturated heterocycles. The van der Waals surface area contributed by atoms with Gasteiger partial charge in [0.05, 0.1) is 6.26 Å². The Balaban J connectivity index is 1.55. The molecule has 1 aliphatic heterocycles. The van der Waals surface area contributed by atoms with Gasteiger partial charge in [-0.25, -0.2) is 0 Å². The van der Waals surface area contributed by atoms with Crippen molar-refractivity contribution < 1.29 is 14.0 Å². The van der Waals surface area contributed by atoms with Crippen molar-refractivity contribution in [3.8, 4) is 0 Å². The third-order valence-corrected chi connectivity index (χ3v) is 4.93. The summed E-state index contributed by atoms with van der Waals surface area (Å²) in [6.07, 6.45) is 3.30. The maximum absolute atomic E-state index is 12.6. The molecule has 25 heavy (non-hydrogen) atoms. The normalized spacial score (nSPS) is 16.7. The van der Waals surface area contributed by atoms with E-state index in [4.69, 9.17) is 4.42 Å². The zero-order chi connectivity index (χ0) is 18.0. The Labute approximate surface area is 147 Å². The number of piperidine rings is 1. The summed E-state index contributed by atoms with van der Waals surface area (Å²) in [6.45, 7) is 7.38. The van der Waals surface area contributed by atoms with Gasteiger partial charge in [0.1, 0.15) is 6.04 Å². The maximum Gasteiger partial charge on any atom is 0.287 e. The second-order valence-corrected chi connectivity index (χ2v) is 6.72. The summed E-state index contributed by atoms with van der Waals surface area (Å²) in [6, 6.07) is 7.38. The smallest absolute Gasteiger partial charge is 0.287 e. The second-order valence-electron chi connectivity index (χ2n) is 6.72. The molecule has 1 aliphatic rings. The Bertz CT molecular complexity index is 721. The van der Waals surface area contributed by atoms with Crippen molar-refractivity contribution in [3.05, 3.63) is 47.7 Å². The number of hydrogen-bond donors (Lipinski definition) is 1. The molecule has 2 amide bonds. The summed E-state index contributed by atoms with van der Waals surface area (Å²) in [4.78, 5) is 26.5. The standard InChI is InChI=1S/C19H25N3O3/c1-13-6-7-14(2)22(13)16-8-10-21(11-9-16)19(24)15(3)20-18(23)17-5-4-12-25-17/h4-7,12,15-16H,8-11H2,1-3H3,(H,20,23)/t15-/m0/s1. The lowest BCUT2D eigenvalue weighted by Crippen LogP contribution is -2.49. The number of rotatable bonds is 4. The van der Waals surface area contributed by atoms with Gasteiger partial charge in [-0.15, -0.1) is 0 Å².